The minimum absolute atomic E-state index is 0.0909. The molecule has 122 valence electrons. The number of amides is 1. The number of anilines is 1. The summed E-state index contributed by atoms with van der Waals surface area (Å²) in [5.74, 6) is -0.193. The maximum absolute atomic E-state index is 12.0. The van der Waals surface area contributed by atoms with Crippen molar-refractivity contribution in [3.05, 3.63) is 37.7 Å². The molecule has 0 bridgehead atoms. The van der Waals surface area contributed by atoms with Gasteiger partial charge in [-0.3, -0.25) is 9.36 Å². The Hall–Kier alpha value is -1.15. The topological polar surface area (TPSA) is 79.8 Å². The number of nitrogens with one attached hydrogen (secondary N) is 2. The van der Waals surface area contributed by atoms with Gasteiger partial charge in [0, 0.05) is 6.04 Å². The van der Waals surface area contributed by atoms with Crippen LogP contribution in [0.5, 0.6) is 0 Å². The number of aromatic nitrogens is 3. The van der Waals surface area contributed by atoms with Crippen molar-refractivity contribution < 1.29 is 4.79 Å². The number of carbonyl (C=O) groups excluding carboxylic acids is 1. The Morgan fingerprint density at radius 1 is 1.30 bits per heavy atom. The third kappa shape index (κ3) is 3.85. The van der Waals surface area contributed by atoms with E-state index in [1.54, 1.807) is 4.57 Å². The zero-order valence-corrected chi connectivity index (χ0v) is 14.7. The van der Waals surface area contributed by atoms with Gasteiger partial charge in [0.2, 0.25) is 5.91 Å². The van der Waals surface area contributed by atoms with E-state index in [1.807, 2.05) is 0 Å². The number of benzene rings is 1. The number of rotatable bonds is 5. The van der Waals surface area contributed by atoms with Gasteiger partial charge in [0.05, 0.1) is 26.5 Å². The predicted molar refractivity (Wildman–Crippen MR) is 91.9 cm³/mol. The number of H-pyrrole nitrogens is 1. The molecule has 0 atom stereocenters. The summed E-state index contributed by atoms with van der Waals surface area (Å²) < 4.78 is 1.59. The van der Waals surface area contributed by atoms with E-state index < -0.39 is 0 Å². The highest BCUT2D eigenvalue weighted by Crippen LogP contribution is 2.36. The molecule has 0 unspecified atom stereocenters. The second kappa shape index (κ2) is 6.76. The highest BCUT2D eigenvalue weighted by Gasteiger charge is 2.28. The highest BCUT2D eigenvalue weighted by molar-refractivity contribution is 7.99. The molecule has 0 spiro atoms. The lowest BCUT2D eigenvalue weighted by Gasteiger charge is -2.08. The van der Waals surface area contributed by atoms with Crippen LogP contribution in [0.1, 0.15) is 18.9 Å². The molecule has 2 N–H and O–H groups in total. The van der Waals surface area contributed by atoms with Gasteiger partial charge in [-0.25, -0.2) is 9.89 Å². The first-order valence-corrected chi connectivity index (χ1v) is 8.81. The van der Waals surface area contributed by atoms with E-state index in [9.17, 15) is 9.59 Å². The van der Waals surface area contributed by atoms with Crippen molar-refractivity contribution in [1.29, 1.82) is 0 Å². The van der Waals surface area contributed by atoms with E-state index in [1.165, 1.54) is 23.9 Å². The maximum atomic E-state index is 12.0. The Morgan fingerprint density at radius 3 is 2.70 bits per heavy atom. The zero-order chi connectivity index (χ0) is 16.6. The highest BCUT2D eigenvalue weighted by atomic mass is 35.5. The van der Waals surface area contributed by atoms with Crippen LogP contribution in [0.25, 0.3) is 0 Å². The van der Waals surface area contributed by atoms with Gasteiger partial charge in [-0.1, -0.05) is 46.6 Å². The van der Waals surface area contributed by atoms with Crippen LogP contribution in [0.4, 0.5) is 5.69 Å². The van der Waals surface area contributed by atoms with Gasteiger partial charge in [0.15, 0.2) is 5.16 Å². The van der Waals surface area contributed by atoms with Crippen LogP contribution in [0.2, 0.25) is 15.1 Å². The van der Waals surface area contributed by atoms with Crippen LogP contribution in [0, 0.1) is 0 Å². The number of thioether (sulfide) groups is 1. The second-order valence-corrected chi connectivity index (χ2v) is 7.16. The molecule has 1 aromatic heterocycles. The minimum Gasteiger partial charge on any atom is -0.324 e. The van der Waals surface area contributed by atoms with Crippen molar-refractivity contribution >= 4 is 58.2 Å². The van der Waals surface area contributed by atoms with Gasteiger partial charge in [-0.15, -0.1) is 5.10 Å². The minimum atomic E-state index is -0.284. The maximum Gasteiger partial charge on any atom is 0.344 e. The first kappa shape index (κ1) is 16.7. The summed E-state index contributed by atoms with van der Waals surface area (Å²) >= 11 is 18.9. The Bertz CT molecular complexity index is 816. The summed E-state index contributed by atoms with van der Waals surface area (Å²) in [6, 6.07) is 3.15. The number of halogens is 3. The van der Waals surface area contributed by atoms with Gasteiger partial charge in [-0.05, 0) is 25.0 Å². The van der Waals surface area contributed by atoms with Gasteiger partial charge in [-0.2, -0.15) is 0 Å². The fourth-order valence-corrected chi connectivity index (χ4v) is 3.39. The molecule has 23 heavy (non-hydrogen) atoms. The number of aromatic amines is 1. The molecular weight excluding hydrogens is 383 g/mol. The average Bonchev–Trinajstić information content (AvgIpc) is 3.26. The van der Waals surface area contributed by atoms with Crippen molar-refractivity contribution in [1.82, 2.24) is 14.8 Å². The van der Waals surface area contributed by atoms with E-state index >= 15 is 0 Å². The third-order valence-electron chi connectivity index (χ3n) is 3.20. The number of hydrogen-bond donors (Lipinski definition) is 2. The summed E-state index contributed by atoms with van der Waals surface area (Å²) in [5.41, 5.74) is 0.135. The quantitative estimate of drug-likeness (QED) is 0.601. The van der Waals surface area contributed by atoms with E-state index in [2.05, 4.69) is 15.5 Å². The largest absolute Gasteiger partial charge is 0.344 e. The van der Waals surface area contributed by atoms with Gasteiger partial charge >= 0.3 is 5.69 Å². The lowest BCUT2D eigenvalue weighted by atomic mass is 10.3. The smallest absolute Gasteiger partial charge is 0.324 e. The average molecular weight is 394 g/mol. The second-order valence-electron chi connectivity index (χ2n) is 5.00. The molecule has 10 heteroatoms. The molecule has 1 amide bonds. The van der Waals surface area contributed by atoms with E-state index in [0.29, 0.717) is 25.9 Å². The van der Waals surface area contributed by atoms with E-state index in [0.717, 1.165) is 12.8 Å². The number of nitrogens with zero attached hydrogens (tertiary/aromatic N) is 2. The normalized spacial score (nSPS) is 14.0. The summed E-state index contributed by atoms with van der Waals surface area (Å²) in [6.45, 7) is 0. The number of hydrogen-bond acceptors (Lipinski definition) is 4. The summed E-state index contributed by atoms with van der Waals surface area (Å²) in [7, 11) is 0. The molecule has 1 aliphatic carbocycles. The van der Waals surface area contributed by atoms with Gasteiger partial charge in [0.1, 0.15) is 0 Å². The van der Waals surface area contributed by atoms with Crippen LogP contribution in [-0.4, -0.2) is 26.4 Å². The molecule has 2 aromatic rings. The van der Waals surface area contributed by atoms with Crippen molar-refractivity contribution in [2.45, 2.75) is 24.0 Å². The Balaban J connectivity index is 1.64. The standard InChI is InChI=1S/C13H11Cl3N4O2S/c14-7-3-9(16)10(4-8(7)15)17-11(21)5-23-13-19-18-12(22)20(13)6-1-2-6/h3-4,6H,1-2,5H2,(H,17,21)(H,18,22). The number of carbonyl (C=O) groups is 1. The fraction of sp³-hybridized carbons (Fsp3) is 0.308. The van der Waals surface area contributed by atoms with E-state index in [-0.39, 0.29) is 23.4 Å². The lowest BCUT2D eigenvalue weighted by molar-refractivity contribution is -0.113. The molecule has 6 nitrogen and oxygen atoms in total. The van der Waals surface area contributed by atoms with Crippen molar-refractivity contribution in [2.24, 2.45) is 0 Å². The first-order valence-electron chi connectivity index (χ1n) is 6.70. The van der Waals surface area contributed by atoms with Crippen LogP contribution in [0.3, 0.4) is 0 Å². The summed E-state index contributed by atoms with van der Waals surface area (Å²) in [5, 5.41) is 10.4. The molecule has 1 saturated carbocycles. The van der Waals surface area contributed by atoms with Crippen LogP contribution in [0.15, 0.2) is 22.1 Å². The Kier molecular flexibility index (Phi) is 4.91. The summed E-state index contributed by atoms with van der Waals surface area (Å²) in [6.07, 6.45) is 1.91. The molecule has 1 aliphatic rings. The zero-order valence-electron chi connectivity index (χ0n) is 11.6. The molecule has 0 aliphatic heterocycles. The molecule has 1 fully saturated rings. The Labute approximate surface area is 150 Å². The molecule has 3 rings (SSSR count). The van der Waals surface area contributed by atoms with Gasteiger partial charge < -0.3 is 5.32 Å². The van der Waals surface area contributed by atoms with Crippen molar-refractivity contribution in [2.75, 3.05) is 11.1 Å². The Morgan fingerprint density at radius 2 is 2.00 bits per heavy atom. The molecular formula is C13H11Cl3N4O2S. The van der Waals surface area contributed by atoms with Crippen molar-refractivity contribution in [3.63, 3.8) is 0 Å². The lowest BCUT2D eigenvalue weighted by Crippen LogP contribution is -2.18. The predicted octanol–water partition coefficient (Wildman–Crippen LogP) is 3.60. The third-order valence-corrected chi connectivity index (χ3v) is 5.19. The van der Waals surface area contributed by atoms with Crippen LogP contribution < -0.4 is 11.0 Å². The SMILES string of the molecule is O=C(CSc1n[nH]c(=O)n1C1CC1)Nc1cc(Cl)c(Cl)cc1Cl. The van der Waals surface area contributed by atoms with Crippen molar-refractivity contribution in [3.8, 4) is 0 Å². The van der Waals surface area contributed by atoms with Crippen LogP contribution in [-0.2, 0) is 4.79 Å². The first-order chi connectivity index (χ1) is 11.0. The monoisotopic (exact) mass is 392 g/mol. The molecule has 1 heterocycles. The summed E-state index contributed by atoms with van der Waals surface area (Å²) in [4.78, 5) is 23.7. The fourth-order valence-electron chi connectivity index (χ4n) is 1.98. The van der Waals surface area contributed by atoms with Gasteiger partial charge in [0.25, 0.3) is 0 Å². The van der Waals surface area contributed by atoms with Crippen LogP contribution >= 0.6 is 46.6 Å². The molecule has 0 radical (unpaired) electrons. The molecule has 1 aromatic carbocycles. The van der Waals surface area contributed by atoms with E-state index in [4.69, 9.17) is 34.8 Å². The molecule has 0 saturated heterocycles.